The zero-order chi connectivity index (χ0) is 39.0. The van der Waals surface area contributed by atoms with Gasteiger partial charge >= 0.3 is 5.97 Å². The highest BCUT2D eigenvalue weighted by Crippen LogP contribution is 2.41. The molecule has 0 saturated heterocycles. The summed E-state index contributed by atoms with van der Waals surface area (Å²) >= 11 is 0. The maximum absolute atomic E-state index is 15.0. The molecule has 282 valence electrons. The number of aliphatic hydroxyl groups excluding tert-OH is 1. The van der Waals surface area contributed by atoms with Crippen LogP contribution in [-0.4, -0.2) is 91.7 Å². The minimum absolute atomic E-state index is 0.00849. The molecule has 0 spiro atoms. The monoisotopic (exact) mass is 735 g/mol. The molecular weight excluding hydrogens is 692 g/mol. The largest absolute Gasteiger partial charge is 0.480 e. The number of nitrogens with one attached hydrogen (secondary N) is 1. The Labute approximate surface area is 305 Å². The lowest BCUT2D eigenvalue weighted by Crippen LogP contribution is -2.51. The predicted octanol–water partition coefficient (Wildman–Crippen LogP) is 2.95. The van der Waals surface area contributed by atoms with E-state index in [1.54, 1.807) is 12.3 Å². The fraction of sp³-hybridized carbons (Fsp3) is 0.368. The van der Waals surface area contributed by atoms with Crippen molar-refractivity contribution in [1.29, 1.82) is 0 Å². The minimum atomic E-state index is -1.53. The van der Waals surface area contributed by atoms with Gasteiger partial charge in [-0.1, -0.05) is 51.1 Å². The molecule has 3 atom stereocenters. The average molecular weight is 736 g/mol. The third-order valence-electron chi connectivity index (χ3n) is 8.81. The van der Waals surface area contributed by atoms with Crippen LogP contribution in [0.5, 0.6) is 0 Å². The molecule has 1 aromatic heterocycles. The Morgan fingerprint density at radius 1 is 0.962 bits per heavy atom. The van der Waals surface area contributed by atoms with Gasteiger partial charge in [0.2, 0.25) is 11.8 Å². The van der Waals surface area contributed by atoms with Gasteiger partial charge in [0.05, 0.1) is 18.6 Å². The van der Waals surface area contributed by atoms with Crippen molar-refractivity contribution in [3.8, 4) is 11.1 Å². The van der Waals surface area contributed by atoms with Crippen molar-refractivity contribution in [3.05, 3.63) is 95.8 Å². The Kier molecular flexibility index (Phi) is 13.1. The highest BCUT2D eigenvalue weighted by Gasteiger charge is 2.38. The maximum atomic E-state index is 15.0. The quantitative estimate of drug-likeness (QED) is 0.151. The number of nitrogens with zero attached hydrogens (tertiary/aromatic N) is 3. The number of aromatic nitrogens is 1. The Hall–Kier alpha value is -5.54. The van der Waals surface area contributed by atoms with Crippen LogP contribution in [0.15, 0.2) is 72.9 Å². The number of imide groups is 1. The molecule has 1 aliphatic heterocycles. The first kappa shape index (κ1) is 40.2. The average Bonchev–Trinajstić information content (AvgIpc) is 3.65. The lowest BCUT2D eigenvalue weighted by atomic mass is 9.82. The summed E-state index contributed by atoms with van der Waals surface area (Å²) in [5.74, 6) is -6.22. The molecule has 2 aromatic carbocycles. The van der Waals surface area contributed by atoms with E-state index in [4.69, 9.17) is 5.73 Å². The van der Waals surface area contributed by atoms with Crippen LogP contribution >= 0.6 is 0 Å². The van der Waals surface area contributed by atoms with Crippen molar-refractivity contribution < 1.29 is 47.8 Å². The second-order valence-electron chi connectivity index (χ2n) is 13.9. The molecule has 13 nitrogen and oxygen atoms in total. The second kappa shape index (κ2) is 17.3. The molecule has 15 heteroatoms. The number of ketones is 1. The van der Waals surface area contributed by atoms with Crippen molar-refractivity contribution in [2.45, 2.75) is 64.7 Å². The zero-order valence-corrected chi connectivity index (χ0v) is 29.6. The number of carboxylic acids is 1. The lowest BCUT2D eigenvalue weighted by molar-refractivity contribution is -0.143. The van der Waals surface area contributed by atoms with Gasteiger partial charge < -0.3 is 30.7 Å². The van der Waals surface area contributed by atoms with Crippen LogP contribution in [-0.2, 0) is 35.3 Å². The number of halogens is 2. The first-order valence-electron chi connectivity index (χ1n) is 16.9. The molecule has 1 unspecified atom stereocenters. The van der Waals surface area contributed by atoms with E-state index in [0.717, 1.165) is 40.8 Å². The number of aliphatic carboxylic acids is 1. The smallest absolute Gasteiger partial charge is 0.326 e. The van der Waals surface area contributed by atoms with E-state index < -0.39 is 83.7 Å². The van der Waals surface area contributed by atoms with Gasteiger partial charge in [0.15, 0.2) is 5.78 Å². The van der Waals surface area contributed by atoms with Gasteiger partial charge in [-0.15, -0.1) is 0 Å². The normalized spacial score (nSPS) is 14.6. The molecule has 0 radical (unpaired) electrons. The Balaban J connectivity index is 1.56. The van der Waals surface area contributed by atoms with Crippen molar-refractivity contribution in [1.82, 2.24) is 19.7 Å². The van der Waals surface area contributed by atoms with Crippen LogP contribution in [0, 0.1) is 17.0 Å². The van der Waals surface area contributed by atoms with E-state index in [1.165, 1.54) is 4.90 Å². The Bertz CT molecular complexity index is 1870. The van der Waals surface area contributed by atoms with Crippen LogP contribution in [0.3, 0.4) is 0 Å². The van der Waals surface area contributed by atoms with Crippen LogP contribution in [0.25, 0.3) is 11.1 Å². The molecule has 0 fully saturated rings. The van der Waals surface area contributed by atoms with Crippen LogP contribution in [0.1, 0.15) is 57.3 Å². The first-order chi connectivity index (χ1) is 25.0. The number of nitrogens with two attached hydrogens (primary N) is 1. The van der Waals surface area contributed by atoms with E-state index in [1.807, 2.05) is 55.7 Å². The number of Topliss-reactive ketones (excluding diaryl/α,β-unsaturated/α-hetero) is 1. The first-order valence-corrected chi connectivity index (χ1v) is 16.9. The molecule has 53 heavy (non-hydrogen) atoms. The van der Waals surface area contributed by atoms with Gasteiger partial charge in [-0.25, -0.2) is 13.6 Å². The summed E-state index contributed by atoms with van der Waals surface area (Å²) in [7, 11) is 0. The number of benzene rings is 2. The molecule has 3 aromatic rings. The summed E-state index contributed by atoms with van der Waals surface area (Å²) in [6.45, 7) is 4.26. The zero-order valence-electron chi connectivity index (χ0n) is 29.6. The van der Waals surface area contributed by atoms with Gasteiger partial charge in [0, 0.05) is 54.7 Å². The number of carbonyl (C=O) groups is 6. The van der Waals surface area contributed by atoms with E-state index in [2.05, 4.69) is 5.32 Å². The number of rotatable bonds is 17. The molecule has 4 rings (SSSR count). The number of aliphatic hydroxyl groups is 1. The highest BCUT2D eigenvalue weighted by atomic mass is 19.1. The van der Waals surface area contributed by atoms with Crippen molar-refractivity contribution >= 4 is 35.4 Å². The highest BCUT2D eigenvalue weighted by molar-refractivity contribution is 6.14. The number of carboxylic acid groups (broad SMARTS) is 1. The third-order valence-corrected chi connectivity index (χ3v) is 8.81. The van der Waals surface area contributed by atoms with Gasteiger partial charge in [0.1, 0.15) is 24.3 Å². The lowest BCUT2D eigenvalue weighted by Gasteiger charge is -2.41. The van der Waals surface area contributed by atoms with Gasteiger partial charge in [-0.2, -0.15) is 0 Å². The Morgan fingerprint density at radius 3 is 2.23 bits per heavy atom. The summed E-state index contributed by atoms with van der Waals surface area (Å²) in [4.78, 5) is 76.5. The second-order valence-corrected chi connectivity index (χ2v) is 13.9. The van der Waals surface area contributed by atoms with E-state index in [0.29, 0.717) is 17.8 Å². The van der Waals surface area contributed by atoms with E-state index in [-0.39, 0.29) is 31.4 Å². The molecule has 0 bridgehead atoms. The molecule has 1 aliphatic rings. The molecule has 0 aliphatic carbocycles. The van der Waals surface area contributed by atoms with Crippen LogP contribution < -0.4 is 11.1 Å². The van der Waals surface area contributed by atoms with Crippen LogP contribution in [0.4, 0.5) is 8.78 Å². The summed E-state index contributed by atoms with van der Waals surface area (Å²) in [5.41, 5.74) is 7.24. The Morgan fingerprint density at radius 2 is 1.62 bits per heavy atom. The van der Waals surface area contributed by atoms with E-state index >= 15 is 4.39 Å². The fourth-order valence-corrected chi connectivity index (χ4v) is 6.19. The molecule has 0 saturated carbocycles. The minimum Gasteiger partial charge on any atom is -0.480 e. The maximum Gasteiger partial charge on any atom is 0.326 e. The standard InChI is InChI=1S/C38H43F2N5O8/c1-38(2,3)35(31-17-24(27-18-25(39)9-11-28(27)40)20-43(31)19-23-7-5-4-6-8-23)44(34(50)22-46)16-15-29(41)36(51)42-30(37(52)53)12-10-26(47)21-45-32(48)13-14-33(45)49/h4-9,11,13-14,17-18,20,29-30,35,46H,10,12,15-16,19,21-22,41H2,1-3H3,(H,42,51)(H,52,53)/t29-,30?,35-/m0/s1. The summed E-state index contributed by atoms with van der Waals surface area (Å²) < 4.78 is 31.1. The predicted molar refractivity (Wildman–Crippen MR) is 189 cm³/mol. The third kappa shape index (κ3) is 10.3. The molecule has 4 amide bonds. The van der Waals surface area contributed by atoms with Gasteiger partial charge in [-0.3, -0.25) is 28.9 Å². The molecular formula is C38H43F2N5O8. The summed E-state index contributed by atoms with van der Waals surface area (Å²) in [5, 5.41) is 22.1. The summed E-state index contributed by atoms with van der Waals surface area (Å²) in [6.07, 6.45) is 2.82. The van der Waals surface area contributed by atoms with Crippen molar-refractivity contribution in [2.24, 2.45) is 11.1 Å². The van der Waals surface area contributed by atoms with Crippen LogP contribution in [0.2, 0.25) is 0 Å². The molecule has 5 N–H and O–H groups in total. The fourth-order valence-electron chi connectivity index (χ4n) is 6.19. The number of hydrogen-bond acceptors (Lipinski definition) is 8. The SMILES string of the molecule is CC(C)(C)[C@H](c1cc(-c2cc(F)ccc2F)cn1Cc1ccccc1)N(CC[C@H](N)C(=O)NC(CCC(=O)CN1C(=O)C=CC1=O)C(=O)O)C(=O)CO. The van der Waals surface area contributed by atoms with E-state index in [9.17, 15) is 43.4 Å². The topological polar surface area (TPSA) is 192 Å². The number of hydrogen-bond donors (Lipinski definition) is 4. The number of amides is 4. The van der Waals surface area contributed by atoms with Gasteiger partial charge in [-0.05, 0) is 48.1 Å². The molecule has 2 heterocycles. The number of carbonyl (C=O) groups excluding carboxylic acids is 5. The van der Waals surface area contributed by atoms with Gasteiger partial charge in [0.25, 0.3) is 11.8 Å². The summed E-state index contributed by atoms with van der Waals surface area (Å²) in [6, 6.07) is 10.4. The van der Waals surface area contributed by atoms with Crippen molar-refractivity contribution in [3.63, 3.8) is 0 Å². The van der Waals surface area contributed by atoms with Crippen molar-refractivity contribution in [2.75, 3.05) is 19.7 Å².